The van der Waals surface area contributed by atoms with Crippen molar-refractivity contribution in [3.05, 3.63) is 40.1 Å². The minimum Gasteiger partial charge on any atom is -0.493 e. The third-order valence-corrected chi connectivity index (χ3v) is 9.71. The summed E-state index contributed by atoms with van der Waals surface area (Å²) in [6, 6.07) is 3.57. The number of sulfone groups is 1. The van der Waals surface area contributed by atoms with Gasteiger partial charge in [-0.25, -0.2) is 31.1 Å². The van der Waals surface area contributed by atoms with Crippen LogP contribution in [-0.4, -0.2) is 60.6 Å². The van der Waals surface area contributed by atoms with Gasteiger partial charge >= 0.3 is 0 Å². The van der Waals surface area contributed by atoms with E-state index in [4.69, 9.17) is 4.74 Å². The summed E-state index contributed by atoms with van der Waals surface area (Å²) in [6.45, 7) is 7.95. The second-order valence-corrected chi connectivity index (χ2v) is 12.9. The number of nitrogens with zero attached hydrogens (tertiary/aromatic N) is 3. The SMILES string of the molecule is CCOc1ccc(S(=O)(=O)NC2CCS(=O)(=O)C2)cc1-c1nn2c(C(CC)CC)nc(C)c2c(=O)[nH]1. The van der Waals surface area contributed by atoms with Gasteiger partial charge in [-0.15, -0.1) is 5.10 Å². The van der Waals surface area contributed by atoms with E-state index in [0.717, 1.165) is 12.8 Å². The van der Waals surface area contributed by atoms with Gasteiger partial charge in [0.05, 0.1) is 34.3 Å². The fraction of sp³-hybridized carbons (Fsp3) is 0.522. The number of nitrogens with one attached hydrogen (secondary N) is 2. The molecule has 2 aromatic heterocycles. The molecule has 0 spiro atoms. The molecule has 13 heteroatoms. The first-order valence-electron chi connectivity index (χ1n) is 12.0. The number of aromatic amines is 1. The van der Waals surface area contributed by atoms with E-state index in [-0.39, 0.29) is 34.6 Å². The monoisotopic (exact) mass is 537 g/mol. The van der Waals surface area contributed by atoms with Crippen molar-refractivity contribution in [2.75, 3.05) is 18.1 Å². The second-order valence-electron chi connectivity index (χ2n) is 8.94. The van der Waals surface area contributed by atoms with Crippen LogP contribution in [0.4, 0.5) is 0 Å². The highest BCUT2D eigenvalue weighted by molar-refractivity contribution is 7.92. The Balaban J connectivity index is 1.84. The van der Waals surface area contributed by atoms with Crippen molar-refractivity contribution in [2.45, 2.75) is 63.8 Å². The predicted molar refractivity (Wildman–Crippen MR) is 136 cm³/mol. The van der Waals surface area contributed by atoms with Gasteiger partial charge in [-0.3, -0.25) is 4.79 Å². The number of hydrogen-bond donors (Lipinski definition) is 2. The summed E-state index contributed by atoms with van der Waals surface area (Å²) in [4.78, 5) is 20.3. The maximum absolute atomic E-state index is 13.1. The van der Waals surface area contributed by atoms with Crippen LogP contribution in [0.5, 0.6) is 5.75 Å². The van der Waals surface area contributed by atoms with Gasteiger partial charge in [0, 0.05) is 12.0 Å². The fourth-order valence-electron chi connectivity index (χ4n) is 4.55. The van der Waals surface area contributed by atoms with Crippen LogP contribution >= 0.6 is 0 Å². The number of aromatic nitrogens is 4. The predicted octanol–water partition coefficient (Wildman–Crippen LogP) is 2.16. The van der Waals surface area contributed by atoms with E-state index in [9.17, 15) is 21.6 Å². The summed E-state index contributed by atoms with van der Waals surface area (Å²) >= 11 is 0. The molecule has 36 heavy (non-hydrogen) atoms. The molecule has 3 heterocycles. The molecule has 1 unspecified atom stereocenters. The Kier molecular flexibility index (Phi) is 7.26. The molecule has 3 aromatic rings. The van der Waals surface area contributed by atoms with Crippen molar-refractivity contribution < 1.29 is 21.6 Å². The standard InChI is InChI=1S/C23H31N5O6S2/c1-5-15(6-2)22-24-14(4)20-23(29)25-21(26-28(20)22)18-12-17(8-9-19(18)34-7-3)36(32,33)27-16-10-11-35(30,31)13-16/h8-9,12,15-16,27H,5-7,10-11,13H2,1-4H3,(H,25,26,29). The summed E-state index contributed by atoms with van der Waals surface area (Å²) < 4.78 is 59.5. The molecule has 0 radical (unpaired) electrons. The number of H-pyrrole nitrogens is 1. The Bertz CT molecular complexity index is 1560. The van der Waals surface area contributed by atoms with Crippen LogP contribution in [0, 0.1) is 6.92 Å². The number of imidazole rings is 1. The van der Waals surface area contributed by atoms with Crippen molar-refractivity contribution in [3.8, 4) is 17.1 Å². The Morgan fingerprint density at radius 2 is 1.97 bits per heavy atom. The molecule has 2 N–H and O–H groups in total. The maximum Gasteiger partial charge on any atom is 0.277 e. The summed E-state index contributed by atoms with van der Waals surface area (Å²) in [6.07, 6.45) is 1.86. The molecule has 196 valence electrons. The van der Waals surface area contributed by atoms with Crippen molar-refractivity contribution in [3.63, 3.8) is 0 Å². The summed E-state index contributed by atoms with van der Waals surface area (Å²) in [5.41, 5.74) is 0.799. The molecule has 0 saturated carbocycles. The lowest BCUT2D eigenvalue weighted by Gasteiger charge is -2.15. The molecule has 1 atom stereocenters. The van der Waals surface area contributed by atoms with Gasteiger partial charge in [-0.05, 0) is 51.3 Å². The molecule has 0 bridgehead atoms. The molecule has 1 aromatic carbocycles. The molecule has 1 aliphatic rings. The van der Waals surface area contributed by atoms with Gasteiger partial charge < -0.3 is 9.72 Å². The van der Waals surface area contributed by atoms with Crippen LogP contribution in [0.3, 0.4) is 0 Å². The van der Waals surface area contributed by atoms with Gasteiger partial charge in [0.2, 0.25) is 10.0 Å². The number of hydrogen-bond acceptors (Lipinski definition) is 8. The Hall–Kier alpha value is -2.77. The first-order chi connectivity index (χ1) is 17.0. The van der Waals surface area contributed by atoms with E-state index < -0.39 is 31.5 Å². The third-order valence-electron chi connectivity index (χ3n) is 6.42. The summed E-state index contributed by atoms with van der Waals surface area (Å²) in [7, 11) is -7.30. The molecule has 1 aliphatic heterocycles. The molecule has 0 amide bonds. The normalized spacial score (nSPS) is 17.8. The first-order valence-corrected chi connectivity index (χ1v) is 15.3. The van der Waals surface area contributed by atoms with Gasteiger partial charge in [0.25, 0.3) is 5.56 Å². The van der Waals surface area contributed by atoms with E-state index >= 15 is 0 Å². The minimum atomic E-state index is -4.04. The first kappa shape index (κ1) is 26.3. The number of aryl methyl sites for hydroxylation is 1. The van der Waals surface area contributed by atoms with Gasteiger partial charge in [0.15, 0.2) is 21.2 Å². The van der Waals surface area contributed by atoms with Gasteiger partial charge in [-0.1, -0.05) is 13.8 Å². The van der Waals surface area contributed by atoms with Crippen molar-refractivity contribution >= 4 is 25.4 Å². The van der Waals surface area contributed by atoms with Crippen LogP contribution < -0.4 is 15.0 Å². The smallest absolute Gasteiger partial charge is 0.277 e. The summed E-state index contributed by atoms with van der Waals surface area (Å²) in [5, 5.41) is 4.66. The Morgan fingerprint density at radius 1 is 1.25 bits per heavy atom. The fourth-order valence-corrected chi connectivity index (χ4v) is 7.63. The molecular formula is C23H31N5O6S2. The topological polar surface area (TPSA) is 153 Å². The third kappa shape index (κ3) is 5.04. The highest BCUT2D eigenvalue weighted by atomic mass is 32.2. The van der Waals surface area contributed by atoms with E-state index in [1.165, 1.54) is 18.2 Å². The molecule has 4 rings (SSSR count). The van der Waals surface area contributed by atoms with Crippen molar-refractivity contribution in [1.29, 1.82) is 0 Å². The Labute approximate surface area is 210 Å². The van der Waals surface area contributed by atoms with Crippen molar-refractivity contribution in [2.24, 2.45) is 0 Å². The average Bonchev–Trinajstić information content (AvgIpc) is 3.33. The summed E-state index contributed by atoms with van der Waals surface area (Å²) in [5.74, 6) is 0.970. The highest BCUT2D eigenvalue weighted by Gasteiger charge is 2.32. The average molecular weight is 538 g/mol. The van der Waals surface area contributed by atoms with Crippen LogP contribution in [0.2, 0.25) is 0 Å². The maximum atomic E-state index is 13.1. The van der Waals surface area contributed by atoms with Crippen LogP contribution in [0.25, 0.3) is 16.9 Å². The number of rotatable bonds is 9. The quantitative estimate of drug-likeness (QED) is 0.421. The van der Waals surface area contributed by atoms with Crippen LogP contribution in [0.1, 0.15) is 57.5 Å². The van der Waals surface area contributed by atoms with Crippen LogP contribution in [-0.2, 0) is 19.9 Å². The zero-order valence-electron chi connectivity index (χ0n) is 20.7. The van der Waals surface area contributed by atoms with Gasteiger partial charge in [0.1, 0.15) is 11.6 Å². The molecule has 11 nitrogen and oxygen atoms in total. The molecule has 1 saturated heterocycles. The van der Waals surface area contributed by atoms with Crippen LogP contribution in [0.15, 0.2) is 27.9 Å². The van der Waals surface area contributed by atoms with E-state index in [1.54, 1.807) is 18.4 Å². The molecular weight excluding hydrogens is 506 g/mol. The van der Waals surface area contributed by atoms with E-state index in [2.05, 4.69) is 19.8 Å². The zero-order chi connectivity index (χ0) is 26.3. The largest absolute Gasteiger partial charge is 0.493 e. The number of sulfonamides is 1. The lowest BCUT2D eigenvalue weighted by Crippen LogP contribution is -2.35. The van der Waals surface area contributed by atoms with E-state index in [1.807, 2.05) is 13.8 Å². The number of fused-ring (bicyclic) bond motifs is 1. The second kappa shape index (κ2) is 9.94. The molecule has 0 aliphatic carbocycles. The van der Waals surface area contributed by atoms with Gasteiger partial charge in [-0.2, -0.15) is 0 Å². The Morgan fingerprint density at radius 3 is 2.58 bits per heavy atom. The number of benzene rings is 1. The lowest BCUT2D eigenvalue weighted by molar-refractivity contribution is 0.341. The lowest BCUT2D eigenvalue weighted by atomic mass is 10.0. The van der Waals surface area contributed by atoms with Crippen molar-refractivity contribution in [1.82, 2.24) is 24.3 Å². The number of ether oxygens (including phenoxy) is 1. The minimum absolute atomic E-state index is 0.0525. The highest BCUT2D eigenvalue weighted by Crippen LogP contribution is 2.31. The van der Waals surface area contributed by atoms with E-state index in [0.29, 0.717) is 35.0 Å². The zero-order valence-corrected chi connectivity index (χ0v) is 22.4. The molecule has 1 fully saturated rings.